The molecule has 0 radical (unpaired) electrons. The summed E-state index contributed by atoms with van der Waals surface area (Å²) in [7, 11) is 0. The summed E-state index contributed by atoms with van der Waals surface area (Å²) in [5.41, 5.74) is 3.97. The highest BCUT2D eigenvalue weighted by Crippen LogP contribution is 2.41. The van der Waals surface area contributed by atoms with Crippen LogP contribution in [0.15, 0.2) is 69.6 Å². The van der Waals surface area contributed by atoms with Gasteiger partial charge < -0.3 is 10.2 Å². The minimum atomic E-state index is -1.41. The fourth-order valence-electron chi connectivity index (χ4n) is 5.28. The molecule has 0 fully saturated rings. The van der Waals surface area contributed by atoms with Crippen molar-refractivity contribution in [1.82, 2.24) is 0 Å². The van der Waals surface area contributed by atoms with Crippen LogP contribution in [-0.4, -0.2) is 27.7 Å². The number of carboxylic acid groups (broad SMARTS) is 1. The number of hydrogen-bond donors (Lipinski definition) is 2. The van der Waals surface area contributed by atoms with Gasteiger partial charge in [-0.2, -0.15) is 0 Å². The molecule has 202 valence electrons. The Morgan fingerprint density at radius 1 is 1.03 bits per heavy atom. The number of carboxylic acids is 1. The molecule has 0 aliphatic heterocycles. The van der Waals surface area contributed by atoms with Gasteiger partial charge in [0.1, 0.15) is 5.57 Å². The van der Waals surface area contributed by atoms with Crippen molar-refractivity contribution in [2.24, 2.45) is 11.8 Å². The number of aliphatic carboxylic acids is 1. The van der Waals surface area contributed by atoms with Crippen LogP contribution in [-0.2, 0) is 14.4 Å². The Bertz CT molecular complexity index is 1070. The van der Waals surface area contributed by atoms with Crippen LogP contribution >= 0.6 is 0 Å². The lowest BCUT2D eigenvalue weighted by atomic mass is 9.70. The van der Waals surface area contributed by atoms with Crippen LogP contribution in [0.5, 0.6) is 0 Å². The lowest BCUT2D eigenvalue weighted by Gasteiger charge is -2.33. The molecule has 2 rings (SSSR count). The van der Waals surface area contributed by atoms with Crippen molar-refractivity contribution in [2.45, 2.75) is 98.8 Å². The minimum Gasteiger partial charge on any atom is -0.504 e. The molecule has 0 heterocycles. The number of unbranched alkanes of at least 4 members (excludes halogenated alkanes) is 4. The fourth-order valence-corrected chi connectivity index (χ4v) is 5.28. The molecule has 0 saturated carbocycles. The highest BCUT2D eigenvalue weighted by molar-refractivity contribution is 6.33. The molecule has 2 atom stereocenters. The highest BCUT2D eigenvalue weighted by atomic mass is 16.4. The van der Waals surface area contributed by atoms with Crippen molar-refractivity contribution in [3.8, 4) is 0 Å². The number of carbonyl (C=O) groups excluding carboxylic acids is 2. The second-order valence-electron chi connectivity index (χ2n) is 10.9. The molecular formula is C32H44O5. The molecule has 5 nitrogen and oxygen atoms in total. The molecule has 2 N–H and O–H groups in total. The molecule has 0 bridgehead atoms. The molecule has 0 unspecified atom stereocenters. The minimum absolute atomic E-state index is 0.0721. The van der Waals surface area contributed by atoms with E-state index in [-0.39, 0.29) is 23.5 Å². The Morgan fingerprint density at radius 3 is 2.32 bits per heavy atom. The van der Waals surface area contributed by atoms with E-state index in [0.29, 0.717) is 6.42 Å². The zero-order chi connectivity index (χ0) is 27.7. The van der Waals surface area contributed by atoms with E-state index in [9.17, 15) is 24.6 Å². The molecule has 0 aromatic rings. The third-order valence-electron chi connectivity index (χ3n) is 7.41. The Hall–Kier alpha value is -2.95. The van der Waals surface area contributed by atoms with Crippen LogP contribution in [0.2, 0.25) is 0 Å². The molecule has 2 aliphatic carbocycles. The topological polar surface area (TPSA) is 91.7 Å². The van der Waals surface area contributed by atoms with Gasteiger partial charge in [0.25, 0.3) is 0 Å². The predicted molar refractivity (Wildman–Crippen MR) is 149 cm³/mol. The van der Waals surface area contributed by atoms with E-state index < -0.39 is 34.8 Å². The molecule has 37 heavy (non-hydrogen) atoms. The lowest BCUT2D eigenvalue weighted by Crippen LogP contribution is -2.34. The SMILES string of the molecule is C=C(C)[C@@H]1CCC(C)=C[C@H]1C1=C(O)C(=O)C(CCCCCCC=C(C)CCC=C(C)C)=C(C(=O)O)C1=O. The van der Waals surface area contributed by atoms with Crippen molar-refractivity contribution in [3.05, 3.63) is 69.6 Å². The second-order valence-corrected chi connectivity index (χ2v) is 10.9. The Morgan fingerprint density at radius 2 is 1.70 bits per heavy atom. The number of Topliss-reactive ketones (excluding diaryl/α,β-unsaturated/α-hetero) is 2. The molecule has 2 aliphatic rings. The Balaban J connectivity index is 2.04. The molecular weight excluding hydrogens is 464 g/mol. The van der Waals surface area contributed by atoms with Crippen LogP contribution in [0.3, 0.4) is 0 Å². The third kappa shape index (κ3) is 8.28. The summed E-state index contributed by atoms with van der Waals surface area (Å²) in [6, 6.07) is 0. The van der Waals surface area contributed by atoms with Gasteiger partial charge in [0.15, 0.2) is 5.76 Å². The third-order valence-corrected chi connectivity index (χ3v) is 7.41. The Kier molecular flexibility index (Phi) is 11.5. The van der Waals surface area contributed by atoms with E-state index in [2.05, 4.69) is 39.5 Å². The quantitative estimate of drug-likeness (QED) is 0.114. The van der Waals surface area contributed by atoms with Crippen LogP contribution in [0, 0.1) is 11.8 Å². The maximum absolute atomic E-state index is 13.4. The second kappa shape index (κ2) is 14.1. The van der Waals surface area contributed by atoms with Gasteiger partial charge in [-0.15, -0.1) is 0 Å². The van der Waals surface area contributed by atoms with Gasteiger partial charge in [0.2, 0.25) is 11.6 Å². The largest absolute Gasteiger partial charge is 0.504 e. The number of hydrogen-bond acceptors (Lipinski definition) is 4. The Labute approximate surface area is 222 Å². The first kappa shape index (κ1) is 30.3. The molecule has 0 saturated heterocycles. The molecule has 0 aromatic carbocycles. The first-order valence-electron chi connectivity index (χ1n) is 13.6. The number of ketones is 2. The van der Waals surface area contributed by atoms with Crippen molar-refractivity contribution < 1.29 is 24.6 Å². The van der Waals surface area contributed by atoms with Gasteiger partial charge in [0, 0.05) is 11.5 Å². The zero-order valence-corrected chi connectivity index (χ0v) is 23.3. The predicted octanol–water partition coefficient (Wildman–Crippen LogP) is 7.91. The monoisotopic (exact) mass is 508 g/mol. The summed E-state index contributed by atoms with van der Waals surface area (Å²) in [6.45, 7) is 14.2. The van der Waals surface area contributed by atoms with Crippen molar-refractivity contribution >= 4 is 17.5 Å². The maximum Gasteiger partial charge on any atom is 0.340 e. The summed E-state index contributed by atoms with van der Waals surface area (Å²) in [6.07, 6.45) is 14.6. The normalized spacial score (nSPS) is 20.8. The number of rotatable bonds is 13. The van der Waals surface area contributed by atoms with Crippen molar-refractivity contribution in [1.29, 1.82) is 0 Å². The lowest BCUT2D eigenvalue weighted by molar-refractivity contribution is -0.135. The van der Waals surface area contributed by atoms with Crippen molar-refractivity contribution in [2.75, 3.05) is 0 Å². The van der Waals surface area contributed by atoms with E-state index in [1.807, 2.05) is 19.9 Å². The summed E-state index contributed by atoms with van der Waals surface area (Å²) < 4.78 is 0. The number of carbonyl (C=O) groups is 3. The fraction of sp³-hybridized carbons (Fsp3) is 0.531. The van der Waals surface area contributed by atoms with E-state index in [4.69, 9.17) is 0 Å². The summed E-state index contributed by atoms with van der Waals surface area (Å²) in [5.74, 6) is -4.14. The summed E-state index contributed by atoms with van der Waals surface area (Å²) >= 11 is 0. The summed E-state index contributed by atoms with van der Waals surface area (Å²) in [5, 5.41) is 20.7. The van der Waals surface area contributed by atoms with Crippen LogP contribution in [0.25, 0.3) is 0 Å². The molecule has 0 amide bonds. The van der Waals surface area contributed by atoms with Gasteiger partial charge in [0.05, 0.1) is 5.57 Å². The van der Waals surface area contributed by atoms with Crippen LogP contribution < -0.4 is 0 Å². The average molecular weight is 509 g/mol. The highest BCUT2D eigenvalue weighted by Gasteiger charge is 2.42. The van der Waals surface area contributed by atoms with E-state index in [0.717, 1.165) is 62.5 Å². The number of aliphatic hydroxyl groups is 1. The maximum atomic E-state index is 13.4. The van der Waals surface area contributed by atoms with Gasteiger partial charge in [-0.25, -0.2) is 4.79 Å². The molecule has 0 spiro atoms. The number of allylic oxidation sites excluding steroid dienone is 9. The van der Waals surface area contributed by atoms with Gasteiger partial charge in [-0.1, -0.05) is 59.9 Å². The summed E-state index contributed by atoms with van der Waals surface area (Å²) in [4.78, 5) is 38.6. The first-order valence-corrected chi connectivity index (χ1v) is 13.6. The number of aliphatic hydroxyl groups excluding tert-OH is 1. The van der Waals surface area contributed by atoms with Crippen LogP contribution in [0.1, 0.15) is 98.8 Å². The van der Waals surface area contributed by atoms with Crippen molar-refractivity contribution in [3.63, 3.8) is 0 Å². The standard InChI is InChI=1S/C32H44O5/c1-20(2)13-12-15-22(5)14-10-8-7-9-11-16-25-28(32(36)37)30(34)27(31(35)29(25)33)26-19-23(6)17-18-24(26)21(3)4/h13-14,19,24,26,35H,3,7-12,15-18H2,1-2,4-6H3,(H,36,37)/t24-,26+/m0/s1. The average Bonchev–Trinajstić information content (AvgIpc) is 2.80. The van der Waals surface area contributed by atoms with Gasteiger partial charge >= 0.3 is 5.97 Å². The zero-order valence-electron chi connectivity index (χ0n) is 23.3. The van der Waals surface area contributed by atoms with Gasteiger partial charge in [-0.05, 0) is 91.9 Å². The molecule has 5 heteroatoms. The van der Waals surface area contributed by atoms with Gasteiger partial charge in [-0.3, -0.25) is 9.59 Å². The van der Waals surface area contributed by atoms with Crippen LogP contribution in [0.4, 0.5) is 0 Å². The first-order chi connectivity index (χ1) is 17.5. The van der Waals surface area contributed by atoms with E-state index in [1.54, 1.807) is 0 Å². The van der Waals surface area contributed by atoms with E-state index >= 15 is 0 Å². The molecule has 0 aromatic heterocycles. The smallest absolute Gasteiger partial charge is 0.340 e. The van der Waals surface area contributed by atoms with E-state index in [1.165, 1.54) is 11.1 Å².